The summed E-state index contributed by atoms with van der Waals surface area (Å²) in [4.78, 5) is 19.4. The minimum Gasteiger partial charge on any atom is -0.369 e. The molecule has 2 heterocycles. The second-order valence-corrected chi connectivity index (χ2v) is 6.98. The standard InChI is InChI=1S/C22H20ClN3O/c23-18-8-9-20-17(15-18)11-14-26(20)22(27)19-7-4-12-24-21(19)25-13-10-16-5-2-1-3-6-16/h1-9,12,15H,10-11,13-14H2,(H,24,25). The Kier molecular flexibility index (Phi) is 5.07. The van der Waals surface area contributed by atoms with Gasteiger partial charge in [-0.05, 0) is 54.3 Å². The van der Waals surface area contributed by atoms with Crippen LogP contribution >= 0.6 is 11.6 Å². The summed E-state index contributed by atoms with van der Waals surface area (Å²) in [5.74, 6) is 0.590. The summed E-state index contributed by atoms with van der Waals surface area (Å²) in [7, 11) is 0. The average molecular weight is 378 g/mol. The molecule has 0 aliphatic carbocycles. The maximum atomic E-state index is 13.2. The molecular weight excluding hydrogens is 358 g/mol. The molecule has 136 valence electrons. The second-order valence-electron chi connectivity index (χ2n) is 6.54. The topological polar surface area (TPSA) is 45.2 Å². The molecule has 0 bridgehead atoms. The van der Waals surface area contributed by atoms with E-state index in [-0.39, 0.29) is 5.91 Å². The molecule has 5 heteroatoms. The molecule has 4 rings (SSSR count). The number of nitrogens with zero attached hydrogens (tertiary/aromatic N) is 2. The van der Waals surface area contributed by atoms with Crippen LogP contribution in [-0.2, 0) is 12.8 Å². The zero-order valence-corrected chi connectivity index (χ0v) is 15.6. The first-order valence-corrected chi connectivity index (χ1v) is 9.43. The summed E-state index contributed by atoms with van der Waals surface area (Å²) in [6.07, 6.45) is 3.40. The van der Waals surface area contributed by atoms with Gasteiger partial charge in [-0.15, -0.1) is 0 Å². The molecule has 3 aromatic rings. The molecule has 0 saturated carbocycles. The van der Waals surface area contributed by atoms with Crippen molar-refractivity contribution in [3.05, 3.63) is 88.6 Å². The number of carbonyl (C=O) groups excluding carboxylic acids is 1. The Morgan fingerprint density at radius 2 is 1.96 bits per heavy atom. The van der Waals surface area contributed by atoms with Crippen molar-refractivity contribution < 1.29 is 4.79 Å². The maximum absolute atomic E-state index is 13.2. The van der Waals surface area contributed by atoms with E-state index in [1.54, 1.807) is 12.3 Å². The number of hydrogen-bond acceptors (Lipinski definition) is 3. The van der Waals surface area contributed by atoms with Gasteiger partial charge in [-0.25, -0.2) is 4.98 Å². The first-order valence-electron chi connectivity index (χ1n) is 9.05. The highest BCUT2D eigenvalue weighted by Gasteiger charge is 2.27. The lowest BCUT2D eigenvalue weighted by molar-refractivity contribution is 0.0990. The summed E-state index contributed by atoms with van der Waals surface area (Å²) in [6, 6.07) is 19.6. The molecule has 4 nitrogen and oxygen atoms in total. The van der Waals surface area contributed by atoms with Crippen LogP contribution in [0.25, 0.3) is 0 Å². The highest BCUT2D eigenvalue weighted by Crippen LogP contribution is 2.32. The SMILES string of the molecule is O=C(c1cccnc1NCCc1ccccc1)N1CCc2cc(Cl)ccc21. The van der Waals surface area contributed by atoms with Crippen LogP contribution in [0.5, 0.6) is 0 Å². The number of amides is 1. The highest BCUT2D eigenvalue weighted by molar-refractivity contribution is 6.30. The van der Waals surface area contributed by atoms with Gasteiger partial charge < -0.3 is 10.2 Å². The number of anilines is 2. The minimum absolute atomic E-state index is 0.0358. The predicted molar refractivity (Wildman–Crippen MR) is 110 cm³/mol. The van der Waals surface area contributed by atoms with Crippen molar-refractivity contribution >= 4 is 29.0 Å². The average Bonchev–Trinajstić information content (AvgIpc) is 3.11. The fraction of sp³-hybridized carbons (Fsp3) is 0.182. The molecule has 27 heavy (non-hydrogen) atoms. The number of rotatable bonds is 5. The van der Waals surface area contributed by atoms with Crippen molar-refractivity contribution in [2.75, 3.05) is 23.3 Å². The van der Waals surface area contributed by atoms with E-state index < -0.39 is 0 Å². The lowest BCUT2D eigenvalue weighted by atomic mass is 10.1. The van der Waals surface area contributed by atoms with Crippen molar-refractivity contribution in [1.29, 1.82) is 0 Å². The molecule has 1 aliphatic heterocycles. The van der Waals surface area contributed by atoms with Gasteiger partial charge in [0.25, 0.3) is 5.91 Å². The normalized spacial score (nSPS) is 12.7. The number of aromatic nitrogens is 1. The zero-order valence-electron chi connectivity index (χ0n) is 14.9. The van der Waals surface area contributed by atoms with Crippen molar-refractivity contribution in [3.8, 4) is 0 Å². The fourth-order valence-electron chi connectivity index (χ4n) is 3.42. The van der Waals surface area contributed by atoms with E-state index in [4.69, 9.17) is 11.6 Å². The first kappa shape index (κ1) is 17.6. The monoisotopic (exact) mass is 377 g/mol. The smallest absolute Gasteiger partial charge is 0.262 e. The third-order valence-electron chi connectivity index (χ3n) is 4.77. The van der Waals surface area contributed by atoms with E-state index in [0.717, 1.165) is 24.1 Å². The van der Waals surface area contributed by atoms with Crippen molar-refractivity contribution in [1.82, 2.24) is 4.98 Å². The van der Waals surface area contributed by atoms with Crippen LogP contribution in [0.15, 0.2) is 66.9 Å². The van der Waals surface area contributed by atoms with Gasteiger partial charge >= 0.3 is 0 Å². The Bertz CT molecular complexity index is 959. The fourth-order valence-corrected chi connectivity index (χ4v) is 3.61. The van der Waals surface area contributed by atoms with Crippen LogP contribution < -0.4 is 10.2 Å². The molecule has 1 amide bonds. The largest absolute Gasteiger partial charge is 0.369 e. The summed E-state index contributed by atoms with van der Waals surface area (Å²) in [5.41, 5.74) is 3.88. The van der Waals surface area contributed by atoms with Crippen molar-refractivity contribution in [3.63, 3.8) is 0 Å². The van der Waals surface area contributed by atoms with Crippen LogP contribution in [-0.4, -0.2) is 24.0 Å². The number of halogens is 1. The quantitative estimate of drug-likeness (QED) is 0.707. The van der Waals surface area contributed by atoms with Gasteiger partial charge in [0.1, 0.15) is 5.82 Å². The van der Waals surface area contributed by atoms with E-state index >= 15 is 0 Å². The molecule has 1 aliphatic rings. The van der Waals surface area contributed by atoms with Crippen LogP contribution in [0.3, 0.4) is 0 Å². The summed E-state index contributed by atoms with van der Waals surface area (Å²) in [6.45, 7) is 1.38. The van der Waals surface area contributed by atoms with Gasteiger partial charge in [0, 0.05) is 30.0 Å². The molecular formula is C22H20ClN3O. The van der Waals surface area contributed by atoms with E-state index in [9.17, 15) is 4.79 Å². The third kappa shape index (κ3) is 3.81. The van der Waals surface area contributed by atoms with Crippen molar-refractivity contribution in [2.45, 2.75) is 12.8 Å². The first-order chi connectivity index (χ1) is 13.2. The molecule has 1 aromatic heterocycles. The van der Waals surface area contributed by atoms with Crippen LogP contribution in [0, 0.1) is 0 Å². The van der Waals surface area contributed by atoms with E-state index in [1.807, 2.05) is 47.4 Å². The third-order valence-corrected chi connectivity index (χ3v) is 5.00. The van der Waals surface area contributed by atoms with E-state index in [0.29, 0.717) is 29.5 Å². The van der Waals surface area contributed by atoms with Gasteiger partial charge in [0.15, 0.2) is 0 Å². The Morgan fingerprint density at radius 1 is 1.11 bits per heavy atom. The van der Waals surface area contributed by atoms with Gasteiger partial charge in [0.2, 0.25) is 0 Å². The van der Waals surface area contributed by atoms with Gasteiger partial charge in [-0.2, -0.15) is 0 Å². The summed E-state index contributed by atoms with van der Waals surface area (Å²) in [5, 5.41) is 4.02. The molecule has 0 fully saturated rings. The number of hydrogen-bond donors (Lipinski definition) is 1. The Labute approximate surface area is 163 Å². The van der Waals surface area contributed by atoms with E-state index in [1.165, 1.54) is 5.56 Å². The molecule has 0 atom stereocenters. The molecule has 0 unspecified atom stereocenters. The Balaban J connectivity index is 1.50. The molecule has 0 spiro atoms. The van der Waals surface area contributed by atoms with E-state index in [2.05, 4.69) is 22.4 Å². The molecule has 1 N–H and O–H groups in total. The molecule has 0 saturated heterocycles. The molecule has 2 aromatic carbocycles. The Morgan fingerprint density at radius 3 is 2.81 bits per heavy atom. The molecule has 0 radical (unpaired) electrons. The van der Waals surface area contributed by atoms with Crippen LogP contribution in [0.1, 0.15) is 21.5 Å². The maximum Gasteiger partial charge on any atom is 0.262 e. The summed E-state index contributed by atoms with van der Waals surface area (Å²) >= 11 is 6.08. The predicted octanol–water partition coefficient (Wildman–Crippen LogP) is 4.59. The Hall–Kier alpha value is -2.85. The highest BCUT2D eigenvalue weighted by atomic mass is 35.5. The number of nitrogens with one attached hydrogen (secondary N) is 1. The zero-order chi connectivity index (χ0) is 18.6. The lowest BCUT2D eigenvalue weighted by Crippen LogP contribution is -2.30. The minimum atomic E-state index is -0.0358. The number of fused-ring (bicyclic) bond motifs is 1. The second kappa shape index (κ2) is 7.80. The van der Waals surface area contributed by atoms with Crippen LogP contribution in [0.2, 0.25) is 5.02 Å². The van der Waals surface area contributed by atoms with Crippen molar-refractivity contribution in [2.24, 2.45) is 0 Å². The lowest BCUT2D eigenvalue weighted by Gasteiger charge is -2.19. The summed E-state index contributed by atoms with van der Waals surface area (Å²) < 4.78 is 0. The van der Waals surface area contributed by atoms with Gasteiger partial charge in [0.05, 0.1) is 5.56 Å². The number of carbonyl (C=O) groups is 1. The number of benzene rings is 2. The van der Waals surface area contributed by atoms with Gasteiger partial charge in [-0.1, -0.05) is 41.9 Å². The van der Waals surface area contributed by atoms with Crippen LogP contribution in [0.4, 0.5) is 11.5 Å². The van der Waals surface area contributed by atoms with Gasteiger partial charge in [-0.3, -0.25) is 4.79 Å². The number of pyridine rings is 1.